The van der Waals surface area contributed by atoms with E-state index in [1.165, 1.54) is 22.8 Å². The van der Waals surface area contributed by atoms with Gasteiger partial charge in [-0.2, -0.15) is 0 Å². The van der Waals surface area contributed by atoms with Crippen molar-refractivity contribution in [2.45, 2.75) is 18.4 Å². The van der Waals surface area contributed by atoms with E-state index in [0.717, 1.165) is 5.56 Å². The first kappa shape index (κ1) is 17.8. The first-order valence-electron chi connectivity index (χ1n) is 7.76. The van der Waals surface area contributed by atoms with Crippen LogP contribution in [0.1, 0.15) is 23.0 Å². The standard InChI is InChI=1S/C16H17N5O4S/c1-2-25-16(22)13-10-19-15-8-7-14(20-21(13)15)18-9-11-3-5-12(6-4-11)26(17,23)24/h3-8,10H,2,9H2,1H3,(H,18,20)(H2,17,23,24). The van der Waals surface area contributed by atoms with Crippen LogP contribution < -0.4 is 10.5 Å². The van der Waals surface area contributed by atoms with Crippen molar-refractivity contribution in [3.63, 3.8) is 0 Å². The molecule has 0 fully saturated rings. The predicted molar refractivity (Wildman–Crippen MR) is 94.1 cm³/mol. The van der Waals surface area contributed by atoms with Crippen molar-refractivity contribution in [1.82, 2.24) is 14.6 Å². The third kappa shape index (κ3) is 3.81. The van der Waals surface area contributed by atoms with Gasteiger partial charge < -0.3 is 10.1 Å². The Morgan fingerprint density at radius 1 is 1.23 bits per heavy atom. The number of benzene rings is 1. The Kier molecular flexibility index (Phi) is 4.87. The minimum atomic E-state index is -3.71. The molecule has 3 rings (SSSR count). The number of ether oxygens (including phenoxy) is 1. The van der Waals surface area contributed by atoms with Crippen molar-refractivity contribution in [2.75, 3.05) is 11.9 Å². The Labute approximate surface area is 149 Å². The van der Waals surface area contributed by atoms with Crippen molar-refractivity contribution in [2.24, 2.45) is 5.14 Å². The van der Waals surface area contributed by atoms with Crippen molar-refractivity contribution in [3.8, 4) is 0 Å². The summed E-state index contributed by atoms with van der Waals surface area (Å²) in [6.45, 7) is 2.40. The Morgan fingerprint density at radius 3 is 2.62 bits per heavy atom. The quantitative estimate of drug-likeness (QED) is 0.619. The lowest BCUT2D eigenvalue weighted by atomic mass is 10.2. The number of carbonyl (C=O) groups excluding carboxylic acids is 1. The summed E-state index contributed by atoms with van der Waals surface area (Å²) >= 11 is 0. The van der Waals surface area contributed by atoms with Gasteiger partial charge in [-0.15, -0.1) is 5.10 Å². The molecular weight excluding hydrogens is 358 g/mol. The molecule has 2 aromatic heterocycles. The Bertz CT molecular complexity index is 1040. The summed E-state index contributed by atoms with van der Waals surface area (Å²) in [6.07, 6.45) is 1.41. The van der Waals surface area contributed by atoms with Crippen LogP contribution in [0.4, 0.5) is 5.82 Å². The summed E-state index contributed by atoms with van der Waals surface area (Å²) in [5, 5.41) is 12.5. The van der Waals surface area contributed by atoms with Crippen LogP contribution in [0.25, 0.3) is 5.65 Å². The normalized spacial score (nSPS) is 11.5. The number of rotatable bonds is 6. The molecule has 0 aliphatic heterocycles. The molecule has 0 saturated heterocycles. The number of nitrogens with zero attached hydrogens (tertiary/aromatic N) is 3. The molecule has 0 aliphatic carbocycles. The molecule has 0 atom stereocenters. The summed E-state index contributed by atoms with van der Waals surface area (Å²) in [5.74, 6) is 0.0276. The van der Waals surface area contributed by atoms with Gasteiger partial charge in [0, 0.05) is 6.54 Å². The Balaban J connectivity index is 1.77. The summed E-state index contributed by atoms with van der Waals surface area (Å²) < 4.78 is 28.9. The van der Waals surface area contributed by atoms with Gasteiger partial charge in [0.1, 0.15) is 5.82 Å². The fraction of sp³-hybridized carbons (Fsp3) is 0.188. The fourth-order valence-electron chi connectivity index (χ4n) is 2.30. The number of hydrogen-bond acceptors (Lipinski definition) is 7. The van der Waals surface area contributed by atoms with E-state index in [2.05, 4.69) is 15.4 Å². The molecule has 0 spiro atoms. The van der Waals surface area contributed by atoms with E-state index in [-0.39, 0.29) is 17.2 Å². The molecule has 3 aromatic rings. The summed E-state index contributed by atoms with van der Waals surface area (Å²) in [7, 11) is -3.71. The number of esters is 1. The largest absolute Gasteiger partial charge is 0.461 e. The maximum atomic E-state index is 11.9. The molecule has 1 aromatic carbocycles. The first-order chi connectivity index (χ1) is 12.4. The van der Waals surface area contributed by atoms with Crippen molar-refractivity contribution in [1.29, 1.82) is 0 Å². The van der Waals surface area contributed by atoms with Gasteiger partial charge in [-0.1, -0.05) is 12.1 Å². The number of nitrogens with one attached hydrogen (secondary N) is 1. The van der Waals surface area contributed by atoms with E-state index in [1.807, 2.05) is 0 Å². The average molecular weight is 375 g/mol. The fourth-order valence-corrected chi connectivity index (χ4v) is 2.82. The second-order valence-corrected chi connectivity index (χ2v) is 6.96. The first-order valence-corrected chi connectivity index (χ1v) is 9.30. The third-order valence-electron chi connectivity index (χ3n) is 3.57. The van der Waals surface area contributed by atoms with Crippen LogP contribution in [0.3, 0.4) is 0 Å². The van der Waals surface area contributed by atoms with Crippen LogP contribution in [0, 0.1) is 0 Å². The average Bonchev–Trinajstić information content (AvgIpc) is 3.03. The monoisotopic (exact) mass is 375 g/mol. The van der Waals surface area contributed by atoms with Crippen LogP contribution in [0.15, 0.2) is 47.5 Å². The smallest absolute Gasteiger partial charge is 0.358 e. The number of imidazole rings is 1. The second-order valence-electron chi connectivity index (χ2n) is 5.39. The van der Waals surface area contributed by atoms with Gasteiger partial charge in [0.05, 0.1) is 17.7 Å². The molecular formula is C16H17N5O4S. The van der Waals surface area contributed by atoms with Gasteiger partial charge in [0.15, 0.2) is 11.3 Å². The highest BCUT2D eigenvalue weighted by atomic mass is 32.2. The molecule has 3 N–H and O–H groups in total. The lowest BCUT2D eigenvalue weighted by molar-refractivity contribution is 0.0517. The lowest BCUT2D eigenvalue weighted by Gasteiger charge is -2.07. The molecule has 0 saturated carbocycles. The number of aromatic nitrogens is 3. The van der Waals surface area contributed by atoms with Crippen LogP contribution >= 0.6 is 0 Å². The molecule has 0 radical (unpaired) electrons. The minimum Gasteiger partial charge on any atom is -0.461 e. The second kappa shape index (κ2) is 7.10. The SMILES string of the molecule is CCOC(=O)c1cnc2ccc(NCc3ccc(S(N)(=O)=O)cc3)nn12. The number of fused-ring (bicyclic) bond motifs is 1. The highest BCUT2D eigenvalue weighted by Crippen LogP contribution is 2.13. The van der Waals surface area contributed by atoms with E-state index in [9.17, 15) is 13.2 Å². The van der Waals surface area contributed by atoms with E-state index >= 15 is 0 Å². The minimum absolute atomic E-state index is 0.0540. The summed E-state index contributed by atoms with van der Waals surface area (Å²) in [4.78, 5) is 16.1. The highest BCUT2D eigenvalue weighted by molar-refractivity contribution is 7.89. The van der Waals surface area contributed by atoms with Crippen molar-refractivity contribution in [3.05, 3.63) is 53.9 Å². The van der Waals surface area contributed by atoms with Crippen LogP contribution in [0.2, 0.25) is 0 Å². The van der Waals surface area contributed by atoms with Crippen molar-refractivity contribution >= 4 is 27.5 Å². The summed E-state index contributed by atoms with van der Waals surface area (Å²) in [6, 6.07) is 9.66. The Hall–Kier alpha value is -2.98. The van der Waals surface area contributed by atoms with Gasteiger partial charge in [-0.25, -0.2) is 27.9 Å². The molecule has 26 heavy (non-hydrogen) atoms. The van der Waals surface area contributed by atoms with E-state index in [4.69, 9.17) is 9.88 Å². The lowest BCUT2D eigenvalue weighted by Crippen LogP contribution is -2.12. The van der Waals surface area contributed by atoms with Crippen LogP contribution in [-0.2, 0) is 21.3 Å². The molecule has 0 aliphatic rings. The van der Waals surface area contributed by atoms with Gasteiger partial charge in [-0.05, 0) is 36.8 Å². The van der Waals surface area contributed by atoms with E-state index in [0.29, 0.717) is 18.0 Å². The zero-order valence-corrected chi connectivity index (χ0v) is 14.7. The topological polar surface area (TPSA) is 129 Å². The molecule has 2 heterocycles. The number of anilines is 1. The number of primary sulfonamides is 1. The van der Waals surface area contributed by atoms with Gasteiger partial charge in [-0.3, -0.25) is 0 Å². The maximum absolute atomic E-state index is 11.9. The number of sulfonamides is 1. The zero-order valence-electron chi connectivity index (χ0n) is 13.9. The van der Waals surface area contributed by atoms with E-state index < -0.39 is 16.0 Å². The Morgan fingerprint density at radius 2 is 1.96 bits per heavy atom. The van der Waals surface area contributed by atoms with Gasteiger partial charge in [0.25, 0.3) is 0 Å². The van der Waals surface area contributed by atoms with E-state index in [1.54, 1.807) is 31.2 Å². The molecule has 0 amide bonds. The van der Waals surface area contributed by atoms with Crippen LogP contribution in [0.5, 0.6) is 0 Å². The maximum Gasteiger partial charge on any atom is 0.358 e. The number of carbonyl (C=O) groups is 1. The zero-order chi connectivity index (χ0) is 18.7. The van der Waals surface area contributed by atoms with Crippen molar-refractivity contribution < 1.29 is 17.9 Å². The predicted octanol–water partition coefficient (Wildman–Crippen LogP) is 1.17. The third-order valence-corrected chi connectivity index (χ3v) is 4.50. The highest BCUT2D eigenvalue weighted by Gasteiger charge is 2.14. The number of nitrogens with two attached hydrogens (primary N) is 1. The number of hydrogen-bond donors (Lipinski definition) is 2. The molecule has 10 heteroatoms. The molecule has 0 bridgehead atoms. The summed E-state index contributed by atoms with van der Waals surface area (Å²) in [5.41, 5.74) is 1.61. The van der Waals surface area contributed by atoms with Gasteiger partial charge >= 0.3 is 5.97 Å². The molecule has 136 valence electrons. The van der Waals surface area contributed by atoms with Gasteiger partial charge in [0.2, 0.25) is 10.0 Å². The van der Waals surface area contributed by atoms with Crippen LogP contribution in [-0.4, -0.2) is 35.6 Å². The molecule has 0 unspecified atom stereocenters. The molecule has 9 nitrogen and oxygen atoms in total.